The highest BCUT2D eigenvalue weighted by atomic mass is 16.5. The molecule has 0 unspecified atom stereocenters. The highest BCUT2D eigenvalue weighted by Crippen LogP contribution is 2.25. The van der Waals surface area contributed by atoms with E-state index in [0.29, 0.717) is 11.3 Å². The first-order valence-electron chi connectivity index (χ1n) is 8.53. The Hall–Kier alpha value is -3.78. The smallest absolute Gasteiger partial charge is 0.152 e. The third-order valence-electron chi connectivity index (χ3n) is 4.33. The molecular weight excluding hydrogens is 338 g/mol. The lowest BCUT2D eigenvalue weighted by Crippen LogP contribution is -2.06. The molecule has 0 saturated heterocycles. The second kappa shape index (κ2) is 7.22. The predicted octanol–water partition coefficient (Wildman–Crippen LogP) is 4.48. The lowest BCUT2D eigenvalue weighted by atomic mass is 10.2. The van der Waals surface area contributed by atoms with Gasteiger partial charge in [-0.05, 0) is 48.5 Å². The minimum absolute atomic E-state index is 0.249. The van der Waals surface area contributed by atoms with Crippen LogP contribution in [0.25, 0.3) is 16.7 Å². The van der Waals surface area contributed by atoms with Crippen molar-refractivity contribution in [3.05, 3.63) is 84.2 Å². The zero-order chi connectivity index (χ0) is 18.6. The van der Waals surface area contributed by atoms with Crippen LogP contribution in [0.5, 0.6) is 11.5 Å². The average Bonchev–Trinajstić information content (AvgIpc) is 3.11. The fourth-order valence-corrected chi connectivity index (χ4v) is 3.02. The number of ether oxygens (including phenoxy) is 2. The van der Waals surface area contributed by atoms with Crippen LogP contribution in [-0.4, -0.2) is 16.7 Å². The van der Waals surface area contributed by atoms with Crippen molar-refractivity contribution in [2.24, 2.45) is 0 Å². The minimum atomic E-state index is 0.249. The van der Waals surface area contributed by atoms with Crippen molar-refractivity contribution in [3.63, 3.8) is 0 Å². The molecule has 0 saturated carbocycles. The van der Waals surface area contributed by atoms with E-state index in [1.165, 1.54) is 0 Å². The molecule has 0 radical (unpaired) electrons. The number of hydrogen-bond donors (Lipinski definition) is 0. The molecule has 5 heteroatoms. The van der Waals surface area contributed by atoms with E-state index >= 15 is 0 Å². The molecule has 0 amide bonds. The molecule has 1 heterocycles. The first-order valence-corrected chi connectivity index (χ1v) is 8.53. The maximum Gasteiger partial charge on any atom is 0.152 e. The summed E-state index contributed by atoms with van der Waals surface area (Å²) in [5, 5.41) is 9.25. The summed E-state index contributed by atoms with van der Waals surface area (Å²) >= 11 is 0. The van der Waals surface area contributed by atoms with Gasteiger partial charge in [0.05, 0.1) is 23.7 Å². The second-order valence-electron chi connectivity index (χ2n) is 5.95. The van der Waals surface area contributed by atoms with Crippen LogP contribution in [0.2, 0.25) is 0 Å². The topological polar surface area (TPSA) is 60.1 Å². The zero-order valence-electron chi connectivity index (χ0n) is 14.8. The van der Waals surface area contributed by atoms with E-state index in [0.717, 1.165) is 28.3 Å². The van der Waals surface area contributed by atoms with Gasteiger partial charge in [-0.2, -0.15) is 5.26 Å². The first kappa shape index (κ1) is 16.7. The Kier molecular flexibility index (Phi) is 4.46. The molecule has 27 heavy (non-hydrogen) atoms. The van der Waals surface area contributed by atoms with E-state index in [9.17, 15) is 5.26 Å². The van der Waals surface area contributed by atoms with Gasteiger partial charge in [-0.15, -0.1) is 0 Å². The van der Waals surface area contributed by atoms with Gasteiger partial charge in [-0.25, -0.2) is 4.98 Å². The van der Waals surface area contributed by atoms with Crippen LogP contribution in [0.4, 0.5) is 0 Å². The number of hydrogen-bond acceptors (Lipinski definition) is 4. The molecule has 3 aromatic carbocycles. The maximum atomic E-state index is 9.25. The maximum absolute atomic E-state index is 9.25. The Morgan fingerprint density at radius 2 is 1.70 bits per heavy atom. The van der Waals surface area contributed by atoms with Crippen molar-refractivity contribution < 1.29 is 9.47 Å². The normalized spacial score (nSPS) is 10.5. The third-order valence-corrected chi connectivity index (χ3v) is 4.33. The molecule has 5 nitrogen and oxygen atoms in total. The van der Waals surface area contributed by atoms with Crippen LogP contribution in [0, 0.1) is 11.3 Å². The minimum Gasteiger partial charge on any atom is -0.497 e. The Morgan fingerprint density at radius 3 is 2.48 bits per heavy atom. The fraction of sp³-hybridized carbons (Fsp3) is 0.0909. The quantitative estimate of drug-likeness (QED) is 0.529. The number of imidazole rings is 1. The Bertz CT molecular complexity index is 1120. The summed E-state index contributed by atoms with van der Waals surface area (Å²) in [5.74, 6) is 2.10. The molecule has 4 aromatic rings. The van der Waals surface area contributed by atoms with Gasteiger partial charge >= 0.3 is 0 Å². The molecule has 132 valence electrons. The number of nitrogens with zero attached hydrogens (tertiary/aromatic N) is 3. The predicted molar refractivity (Wildman–Crippen MR) is 103 cm³/mol. The lowest BCUT2D eigenvalue weighted by Gasteiger charge is -2.12. The Balaban J connectivity index is 1.75. The van der Waals surface area contributed by atoms with Crippen molar-refractivity contribution in [1.82, 2.24) is 9.55 Å². The molecule has 0 atom stereocenters. The molecule has 1 aromatic heterocycles. The van der Waals surface area contributed by atoms with Crippen molar-refractivity contribution in [2.45, 2.75) is 6.61 Å². The number of rotatable bonds is 5. The largest absolute Gasteiger partial charge is 0.497 e. The van der Waals surface area contributed by atoms with Crippen LogP contribution in [0.3, 0.4) is 0 Å². The summed E-state index contributed by atoms with van der Waals surface area (Å²) < 4.78 is 13.2. The van der Waals surface area contributed by atoms with Crippen LogP contribution in [-0.2, 0) is 6.61 Å². The SMILES string of the molecule is COc1ccc(-n2c(COc3ccccc3C#N)nc3ccccc32)cc1. The van der Waals surface area contributed by atoms with Gasteiger partial charge in [0.25, 0.3) is 0 Å². The van der Waals surface area contributed by atoms with Crippen molar-refractivity contribution in [1.29, 1.82) is 5.26 Å². The molecule has 0 aliphatic carbocycles. The van der Waals surface area contributed by atoms with Crippen LogP contribution in [0.15, 0.2) is 72.8 Å². The van der Waals surface area contributed by atoms with Crippen molar-refractivity contribution in [2.75, 3.05) is 7.11 Å². The summed E-state index contributed by atoms with van der Waals surface area (Å²) in [6, 6.07) is 25.1. The second-order valence-corrected chi connectivity index (χ2v) is 5.95. The summed E-state index contributed by atoms with van der Waals surface area (Å²) in [7, 11) is 1.65. The number of aromatic nitrogens is 2. The van der Waals surface area contributed by atoms with E-state index in [2.05, 4.69) is 10.6 Å². The highest BCUT2D eigenvalue weighted by Gasteiger charge is 2.14. The van der Waals surface area contributed by atoms with Gasteiger partial charge in [-0.3, -0.25) is 4.57 Å². The third kappa shape index (κ3) is 3.21. The molecule has 0 aliphatic heterocycles. The summed E-state index contributed by atoms with van der Waals surface area (Å²) in [6.07, 6.45) is 0. The first-order chi connectivity index (χ1) is 13.3. The van der Waals surface area contributed by atoms with E-state index in [-0.39, 0.29) is 6.61 Å². The Morgan fingerprint density at radius 1 is 0.963 bits per heavy atom. The van der Waals surface area contributed by atoms with Gasteiger partial charge in [0, 0.05) is 5.69 Å². The van der Waals surface area contributed by atoms with E-state index < -0.39 is 0 Å². The van der Waals surface area contributed by atoms with Gasteiger partial charge in [0.15, 0.2) is 5.82 Å². The summed E-state index contributed by atoms with van der Waals surface area (Å²) in [5.41, 5.74) is 3.36. The summed E-state index contributed by atoms with van der Waals surface area (Å²) in [4.78, 5) is 4.73. The fourth-order valence-electron chi connectivity index (χ4n) is 3.02. The van der Waals surface area contributed by atoms with Crippen molar-refractivity contribution >= 4 is 11.0 Å². The van der Waals surface area contributed by atoms with Gasteiger partial charge in [0.1, 0.15) is 24.2 Å². The zero-order valence-corrected chi connectivity index (χ0v) is 14.8. The van der Waals surface area contributed by atoms with Crippen LogP contribution < -0.4 is 9.47 Å². The van der Waals surface area contributed by atoms with Crippen LogP contribution in [0.1, 0.15) is 11.4 Å². The number of nitriles is 1. The van der Waals surface area contributed by atoms with E-state index in [1.54, 1.807) is 19.2 Å². The molecule has 0 aliphatic rings. The molecule has 0 fully saturated rings. The van der Waals surface area contributed by atoms with Gasteiger partial charge in [0.2, 0.25) is 0 Å². The number of para-hydroxylation sites is 3. The number of methoxy groups -OCH3 is 1. The average molecular weight is 355 g/mol. The molecule has 4 rings (SSSR count). The summed E-state index contributed by atoms with van der Waals surface area (Å²) in [6.45, 7) is 0.249. The van der Waals surface area contributed by atoms with Gasteiger partial charge < -0.3 is 9.47 Å². The van der Waals surface area contributed by atoms with E-state index in [1.807, 2.05) is 60.7 Å². The van der Waals surface area contributed by atoms with Crippen molar-refractivity contribution in [3.8, 4) is 23.3 Å². The Labute approximate surface area is 157 Å². The van der Waals surface area contributed by atoms with E-state index in [4.69, 9.17) is 14.5 Å². The molecular formula is C22H17N3O2. The highest BCUT2D eigenvalue weighted by molar-refractivity contribution is 5.78. The van der Waals surface area contributed by atoms with Gasteiger partial charge in [-0.1, -0.05) is 24.3 Å². The monoisotopic (exact) mass is 355 g/mol. The lowest BCUT2D eigenvalue weighted by molar-refractivity contribution is 0.293. The number of fused-ring (bicyclic) bond motifs is 1. The molecule has 0 bridgehead atoms. The standard InChI is InChI=1S/C22H17N3O2/c1-26-18-12-10-17(11-13-18)25-20-8-4-3-7-19(20)24-22(25)15-27-21-9-5-2-6-16(21)14-23/h2-13H,15H2,1H3. The molecule has 0 spiro atoms. The van der Waals surface area contributed by atoms with Crippen LogP contribution >= 0.6 is 0 Å². The number of benzene rings is 3. The molecule has 0 N–H and O–H groups in total.